The van der Waals surface area contributed by atoms with Crippen LogP contribution < -0.4 is 4.74 Å². The number of methoxy groups -OCH3 is 1. The first-order chi connectivity index (χ1) is 9.40. The van der Waals surface area contributed by atoms with E-state index in [0.29, 0.717) is 18.0 Å². The van der Waals surface area contributed by atoms with Crippen molar-refractivity contribution in [2.24, 2.45) is 0 Å². The lowest BCUT2D eigenvalue weighted by molar-refractivity contribution is 0.0884. The first-order valence-electron chi connectivity index (χ1n) is 6.81. The summed E-state index contributed by atoms with van der Waals surface area (Å²) >= 11 is 0. The van der Waals surface area contributed by atoms with Gasteiger partial charge in [0.15, 0.2) is 5.75 Å². The predicted octanol–water partition coefficient (Wildman–Crippen LogP) is 2.78. The lowest BCUT2D eigenvalue weighted by Gasteiger charge is -2.26. The zero-order valence-electron chi connectivity index (χ0n) is 12.8. The molecule has 0 aliphatic carbocycles. The first-order valence-corrected chi connectivity index (χ1v) is 6.81. The van der Waals surface area contributed by atoms with Crippen LogP contribution in [0, 0.1) is 13.8 Å². The summed E-state index contributed by atoms with van der Waals surface area (Å²) in [4.78, 5) is 0. The predicted molar refractivity (Wildman–Crippen MR) is 79.0 cm³/mol. The van der Waals surface area contributed by atoms with Gasteiger partial charge in [-0.05, 0) is 33.3 Å². The van der Waals surface area contributed by atoms with Gasteiger partial charge in [0.25, 0.3) is 0 Å². The topological polar surface area (TPSA) is 47.3 Å². The summed E-state index contributed by atoms with van der Waals surface area (Å²) in [6, 6.07) is 6.09. The maximum Gasteiger partial charge on any atom is 0.163 e. The fraction of sp³-hybridized carbons (Fsp3) is 0.438. The van der Waals surface area contributed by atoms with E-state index in [4.69, 9.17) is 4.74 Å². The number of nitrogens with zero attached hydrogens (tertiary/aromatic N) is 2. The molecule has 1 unspecified atom stereocenters. The van der Waals surface area contributed by atoms with Crippen LogP contribution in [0.2, 0.25) is 0 Å². The van der Waals surface area contributed by atoms with E-state index < -0.39 is 5.60 Å². The summed E-state index contributed by atoms with van der Waals surface area (Å²) in [5.74, 6) is 0.607. The van der Waals surface area contributed by atoms with Crippen LogP contribution in [0.25, 0.3) is 0 Å². The number of ether oxygens (including phenoxy) is 1. The molecule has 0 aliphatic rings. The summed E-state index contributed by atoms with van der Waals surface area (Å²) in [5.41, 5.74) is 2.65. The molecule has 1 heterocycles. The Morgan fingerprint density at radius 3 is 2.35 bits per heavy atom. The summed E-state index contributed by atoms with van der Waals surface area (Å²) in [6.45, 7) is 8.52. The number of aromatic nitrogens is 2. The van der Waals surface area contributed by atoms with Crippen LogP contribution in [0.3, 0.4) is 0 Å². The van der Waals surface area contributed by atoms with Gasteiger partial charge in [0, 0.05) is 6.54 Å². The summed E-state index contributed by atoms with van der Waals surface area (Å²) in [7, 11) is 1.60. The van der Waals surface area contributed by atoms with Gasteiger partial charge in [-0.3, -0.25) is 4.68 Å². The first kappa shape index (κ1) is 14.6. The Bertz CT molecular complexity index is 573. The molecule has 0 spiro atoms. The molecule has 0 bridgehead atoms. The SMILES string of the molecule is CCn1ncc(OC)c1C(C)(O)c1cc(C)cc(C)c1. The maximum atomic E-state index is 11.1. The van der Waals surface area contributed by atoms with E-state index in [9.17, 15) is 5.11 Å². The standard InChI is InChI=1S/C16H22N2O2/c1-6-18-15(14(20-5)10-17-18)16(4,19)13-8-11(2)7-12(3)9-13/h7-10,19H,6H2,1-5H3. The third kappa shape index (κ3) is 2.43. The van der Waals surface area contributed by atoms with Crippen LogP contribution in [-0.2, 0) is 12.1 Å². The van der Waals surface area contributed by atoms with Crippen molar-refractivity contribution in [2.75, 3.05) is 7.11 Å². The smallest absolute Gasteiger partial charge is 0.163 e. The van der Waals surface area contributed by atoms with Crippen LogP contribution >= 0.6 is 0 Å². The van der Waals surface area contributed by atoms with Crippen LogP contribution in [0.5, 0.6) is 5.75 Å². The molecule has 0 amide bonds. The summed E-state index contributed by atoms with van der Waals surface area (Å²) in [6.07, 6.45) is 1.65. The Morgan fingerprint density at radius 1 is 1.25 bits per heavy atom. The van der Waals surface area contributed by atoms with Crippen molar-refractivity contribution < 1.29 is 9.84 Å². The number of hydrogen-bond acceptors (Lipinski definition) is 3. The average molecular weight is 274 g/mol. The molecular formula is C16H22N2O2. The monoisotopic (exact) mass is 274 g/mol. The highest BCUT2D eigenvalue weighted by molar-refractivity contribution is 5.42. The maximum absolute atomic E-state index is 11.1. The third-order valence-corrected chi connectivity index (χ3v) is 3.57. The quantitative estimate of drug-likeness (QED) is 0.932. The second-order valence-corrected chi connectivity index (χ2v) is 5.33. The molecule has 20 heavy (non-hydrogen) atoms. The fourth-order valence-corrected chi connectivity index (χ4v) is 2.64. The normalized spacial score (nSPS) is 14.1. The molecule has 1 aromatic carbocycles. The molecule has 0 saturated heterocycles. The van der Waals surface area contributed by atoms with Gasteiger partial charge in [0.1, 0.15) is 11.3 Å². The number of aryl methyl sites for hydroxylation is 3. The lowest BCUT2D eigenvalue weighted by atomic mass is 9.89. The summed E-state index contributed by atoms with van der Waals surface area (Å²) < 4.78 is 7.13. The molecule has 1 aromatic heterocycles. The van der Waals surface area contributed by atoms with Crippen molar-refractivity contribution in [1.29, 1.82) is 0 Å². The lowest BCUT2D eigenvalue weighted by Crippen LogP contribution is -2.27. The van der Waals surface area contributed by atoms with E-state index in [1.807, 2.05) is 32.9 Å². The van der Waals surface area contributed by atoms with E-state index in [2.05, 4.69) is 11.2 Å². The third-order valence-electron chi connectivity index (χ3n) is 3.57. The van der Waals surface area contributed by atoms with Crippen molar-refractivity contribution in [3.63, 3.8) is 0 Å². The highest BCUT2D eigenvalue weighted by atomic mass is 16.5. The Morgan fingerprint density at radius 2 is 1.85 bits per heavy atom. The van der Waals surface area contributed by atoms with Crippen LogP contribution in [-0.4, -0.2) is 22.0 Å². The Balaban J connectivity index is 2.62. The minimum Gasteiger partial charge on any atom is -0.493 e. The number of benzene rings is 1. The molecule has 1 atom stereocenters. The van der Waals surface area contributed by atoms with Crippen molar-refractivity contribution in [2.45, 2.75) is 39.8 Å². The largest absolute Gasteiger partial charge is 0.493 e. The van der Waals surface area contributed by atoms with Crippen LogP contribution in [0.15, 0.2) is 24.4 Å². The van der Waals surface area contributed by atoms with E-state index in [0.717, 1.165) is 16.7 Å². The zero-order chi connectivity index (χ0) is 14.9. The molecule has 0 fully saturated rings. The molecule has 0 saturated carbocycles. The minimum absolute atomic E-state index is 0.607. The van der Waals surface area contributed by atoms with Crippen molar-refractivity contribution in [1.82, 2.24) is 9.78 Å². The van der Waals surface area contributed by atoms with Gasteiger partial charge < -0.3 is 9.84 Å². The van der Waals surface area contributed by atoms with Crippen molar-refractivity contribution in [3.05, 3.63) is 46.8 Å². The highest BCUT2D eigenvalue weighted by Gasteiger charge is 2.33. The average Bonchev–Trinajstić information content (AvgIpc) is 2.81. The van der Waals surface area contributed by atoms with Crippen molar-refractivity contribution in [3.8, 4) is 5.75 Å². The molecule has 4 heteroatoms. The molecule has 4 nitrogen and oxygen atoms in total. The van der Waals surface area contributed by atoms with Gasteiger partial charge >= 0.3 is 0 Å². The molecule has 0 aliphatic heterocycles. The minimum atomic E-state index is -1.14. The molecule has 2 rings (SSSR count). The van der Waals surface area contributed by atoms with Crippen LogP contribution in [0.4, 0.5) is 0 Å². The molecular weight excluding hydrogens is 252 g/mol. The van der Waals surface area contributed by atoms with E-state index >= 15 is 0 Å². The van der Waals surface area contributed by atoms with Gasteiger partial charge in [-0.15, -0.1) is 0 Å². The van der Waals surface area contributed by atoms with E-state index in [1.54, 1.807) is 24.9 Å². The van der Waals surface area contributed by atoms with Gasteiger partial charge in [-0.25, -0.2) is 0 Å². The number of aliphatic hydroxyl groups is 1. The van der Waals surface area contributed by atoms with Gasteiger partial charge in [-0.2, -0.15) is 5.10 Å². The fourth-order valence-electron chi connectivity index (χ4n) is 2.64. The van der Waals surface area contributed by atoms with Gasteiger partial charge in [0.2, 0.25) is 0 Å². The molecule has 1 N–H and O–H groups in total. The van der Waals surface area contributed by atoms with Crippen LogP contribution in [0.1, 0.15) is 36.2 Å². The van der Waals surface area contributed by atoms with E-state index in [-0.39, 0.29) is 0 Å². The Hall–Kier alpha value is -1.81. The highest BCUT2D eigenvalue weighted by Crippen LogP contribution is 2.36. The summed E-state index contributed by atoms with van der Waals surface area (Å²) in [5, 5.41) is 15.4. The van der Waals surface area contributed by atoms with Crippen molar-refractivity contribution >= 4 is 0 Å². The second kappa shape index (κ2) is 5.29. The number of rotatable bonds is 4. The number of hydrogen-bond donors (Lipinski definition) is 1. The Labute approximate surface area is 120 Å². The Kier molecular flexibility index (Phi) is 3.86. The second-order valence-electron chi connectivity index (χ2n) is 5.33. The van der Waals surface area contributed by atoms with Gasteiger partial charge in [0.05, 0.1) is 13.3 Å². The molecule has 0 radical (unpaired) electrons. The van der Waals surface area contributed by atoms with E-state index in [1.165, 1.54) is 0 Å². The molecule has 2 aromatic rings. The van der Waals surface area contributed by atoms with Gasteiger partial charge in [-0.1, -0.05) is 29.3 Å². The zero-order valence-corrected chi connectivity index (χ0v) is 12.8. The molecule has 108 valence electrons.